The maximum atomic E-state index is 11.8. The van der Waals surface area contributed by atoms with Gasteiger partial charge in [-0.15, -0.1) is 0 Å². The number of ether oxygens (including phenoxy) is 2. The Morgan fingerprint density at radius 1 is 1.43 bits per heavy atom. The molecule has 0 fully saturated rings. The van der Waals surface area contributed by atoms with Gasteiger partial charge >= 0.3 is 11.9 Å². The zero-order chi connectivity index (χ0) is 21.3. The van der Waals surface area contributed by atoms with Gasteiger partial charge in [-0.25, -0.2) is 9.59 Å². The molecule has 4 atom stereocenters. The number of aliphatic hydroxyl groups is 3. The first-order valence-corrected chi connectivity index (χ1v) is 9.67. The Morgan fingerprint density at radius 3 is 2.71 bits per heavy atom. The maximum Gasteiger partial charge on any atom is 0.341 e. The van der Waals surface area contributed by atoms with Gasteiger partial charge in [0.05, 0.1) is 5.57 Å². The number of carbonyl (C=O) groups excluding carboxylic acids is 2. The molecule has 0 amide bonds. The zero-order valence-corrected chi connectivity index (χ0v) is 16.9. The van der Waals surface area contributed by atoms with Gasteiger partial charge in [0.1, 0.15) is 11.9 Å². The van der Waals surface area contributed by atoms with Gasteiger partial charge in [-0.3, -0.25) is 0 Å². The predicted molar refractivity (Wildman–Crippen MR) is 104 cm³/mol. The van der Waals surface area contributed by atoms with Crippen LogP contribution in [0.3, 0.4) is 0 Å². The van der Waals surface area contributed by atoms with E-state index in [2.05, 4.69) is 6.58 Å². The van der Waals surface area contributed by atoms with Crippen LogP contribution in [0.1, 0.15) is 59.3 Å². The van der Waals surface area contributed by atoms with E-state index in [1.807, 2.05) is 6.92 Å². The molecule has 0 aromatic heterocycles. The molecular weight excluding hydrogens is 364 g/mol. The second-order valence-electron chi connectivity index (χ2n) is 7.24. The van der Waals surface area contributed by atoms with Crippen LogP contribution in [0, 0.1) is 5.92 Å². The highest BCUT2D eigenvalue weighted by atomic mass is 16.6. The Balaban J connectivity index is 2.35. The van der Waals surface area contributed by atoms with Crippen LogP contribution in [-0.2, 0) is 19.1 Å². The van der Waals surface area contributed by atoms with Gasteiger partial charge < -0.3 is 24.8 Å². The van der Waals surface area contributed by atoms with Crippen molar-refractivity contribution in [1.82, 2.24) is 0 Å². The Kier molecular flexibility index (Phi) is 9.96. The first kappa shape index (κ1) is 23.9. The quantitative estimate of drug-likeness (QED) is 0.279. The van der Waals surface area contributed by atoms with E-state index in [4.69, 9.17) is 9.47 Å². The van der Waals surface area contributed by atoms with E-state index in [1.165, 1.54) is 6.08 Å². The third kappa shape index (κ3) is 7.86. The lowest BCUT2D eigenvalue weighted by Crippen LogP contribution is -2.30. The number of allylic oxidation sites excluding steroid dienone is 2. The van der Waals surface area contributed by atoms with Gasteiger partial charge in [0.2, 0.25) is 6.29 Å². The van der Waals surface area contributed by atoms with Crippen LogP contribution in [0.2, 0.25) is 0 Å². The van der Waals surface area contributed by atoms with Crippen LogP contribution in [0.5, 0.6) is 0 Å². The number of esters is 2. The fourth-order valence-corrected chi connectivity index (χ4v) is 2.62. The van der Waals surface area contributed by atoms with Gasteiger partial charge in [0.15, 0.2) is 6.10 Å². The highest BCUT2D eigenvalue weighted by Gasteiger charge is 2.25. The lowest BCUT2D eigenvalue weighted by Gasteiger charge is -2.21. The summed E-state index contributed by atoms with van der Waals surface area (Å²) in [5, 5.41) is 29.3. The molecule has 0 saturated carbocycles. The standard InChI is InChI=1S/C21H32O7/c1-5-14(3)19(24)28-21(26)17(22)11-7-9-13(2)8-6-10-16-18(23)12-15(4)27-20(16)25/h7,11,14-15,17,19,22-24H,2,5-6,8-10,12H2,1,3-4H3/b11-7+/t14-,15+,17-,19+/m0/s1. The van der Waals surface area contributed by atoms with E-state index >= 15 is 0 Å². The number of hydrogen-bond donors (Lipinski definition) is 3. The van der Waals surface area contributed by atoms with E-state index in [1.54, 1.807) is 19.9 Å². The van der Waals surface area contributed by atoms with Crippen molar-refractivity contribution in [3.8, 4) is 0 Å². The highest BCUT2D eigenvalue weighted by Crippen LogP contribution is 2.24. The van der Waals surface area contributed by atoms with Gasteiger partial charge in [0, 0.05) is 12.3 Å². The van der Waals surface area contributed by atoms with E-state index in [9.17, 15) is 24.9 Å². The molecule has 1 aliphatic rings. The number of carbonyl (C=O) groups is 2. The van der Waals surface area contributed by atoms with Crippen LogP contribution >= 0.6 is 0 Å². The molecule has 0 aromatic carbocycles. The fraction of sp³-hybridized carbons (Fsp3) is 0.619. The molecular formula is C21H32O7. The number of cyclic esters (lactones) is 1. The van der Waals surface area contributed by atoms with Crippen molar-refractivity contribution in [2.24, 2.45) is 5.92 Å². The van der Waals surface area contributed by atoms with Gasteiger partial charge in [-0.1, -0.05) is 32.1 Å². The monoisotopic (exact) mass is 396 g/mol. The van der Waals surface area contributed by atoms with Crippen LogP contribution in [0.25, 0.3) is 0 Å². The largest absolute Gasteiger partial charge is 0.512 e. The van der Waals surface area contributed by atoms with Crippen molar-refractivity contribution in [3.05, 3.63) is 35.6 Å². The predicted octanol–water partition coefficient (Wildman–Crippen LogP) is 3.08. The molecule has 0 spiro atoms. The van der Waals surface area contributed by atoms with Gasteiger partial charge in [-0.2, -0.15) is 0 Å². The summed E-state index contributed by atoms with van der Waals surface area (Å²) in [5.41, 5.74) is 1.17. The maximum absolute atomic E-state index is 11.8. The second kappa shape index (κ2) is 11.7. The molecule has 7 nitrogen and oxygen atoms in total. The first-order valence-electron chi connectivity index (χ1n) is 9.67. The summed E-state index contributed by atoms with van der Waals surface area (Å²) in [6.07, 6.45) is 2.99. The lowest BCUT2D eigenvalue weighted by atomic mass is 9.99. The van der Waals surface area contributed by atoms with Crippen LogP contribution in [0.4, 0.5) is 0 Å². The third-order valence-electron chi connectivity index (χ3n) is 4.67. The van der Waals surface area contributed by atoms with E-state index < -0.39 is 24.3 Å². The molecule has 0 aromatic rings. The van der Waals surface area contributed by atoms with Crippen molar-refractivity contribution in [2.45, 2.75) is 77.8 Å². The Labute approximate surface area is 166 Å². The summed E-state index contributed by atoms with van der Waals surface area (Å²) in [6.45, 7) is 9.26. The third-order valence-corrected chi connectivity index (χ3v) is 4.67. The van der Waals surface area contributed by atoms with Gasteiger partial charge in [-0.05, 0) is 45.1 Å². The molecule has 1 aliphatic heterocycles. The highest BCUT2D eigenvalue weighted by molar-refractivity contribution is 5.89. The number of aliphatic hydroxyl groups excluding tert-OH is 3. The summed E-state index contributed by atoms with van der Waals surface area (Å²) in [6, 6.07) is 0. The fourth-order valence-electron chi connectivity index (χ4n) is 2.62. The number of hydrogen-bond acceptors (Lipinski definition) is 7. The molecule has 0 aliphatic carbocycles. The Bertz CT molecular complexity index is 620. The van der Waals surface area contributed by atoms with E-state index in [0.717, 1.165) is 5.57 Å². The summed E-state index contributed by atoms with van der Waals surface area (Å²) >= 11 is 0. The average molecular weight is 396 g/mol. The summed E-state index contributed by atoms with van der Waals surface area (Å²) < 4.78 is 9.91. The molecule has 158 valence electrons. The molecule has 0 radical (unpaired) electrons. The molecule has 0 saturated heterocycles. The molecule has 0 bridgehead atoms. The molecule has 28 heavy (non-hydrogen) atoms. The first-order chi connectivity index (χ1) is 13.1. The molecule has 7 heteroatoms. The van der Waals surface area contributed by atoms with Crippen molar-refractivity contribution in [3.63, 3.8) is 0 Å². The van der Waals surface area contributed by atoms with Crippen molar-refractivity contribution in [2.75, 3.05) is 0 Å². The van der Waals surface area contributed by atoms with Crippen molar-refractivity contribution < 1.29 is 34.4 Å². The average Bonchev–Trinajstić information content (AvgIpc) is 2.62. The van der Waals surface area contributed by atoms with Crippen LogP contribution in [-0.4, -0.2) is 45.8 Å². The van der Waals surface area contributed by atoms with Crippen molar-refractivity contribution in [1.29, 1.82) is 0 Å². The van der Waals surface area contributed by atoms with Crippen molar-refractivity contribution >= 4 is 11.9 Å². The summed E-state index contributed by atoms with van der Waals surface area (Å²) in [4.78, 5) is 23.5. The molecule has 3 N–H and O–H groups in total. The molecule has 1 rings (SSSR count). The minimum Gasteiger partial charge on any atom is -0.512 e. The smallest absolute Gasteiger partial charge is 0.341 e. The summed E-state index contributed by atoms with van der Waals surface area (Å²) in [5.74, 6) is -1.49. The molecule has 1 heterocycles. The minimum absolute atomic E-state index is 0.0930. The van der Waals surface area contributed by atoms with E-state index in [-0.39, 0.29) is 17.8 Å². The van der Waals surface area contributed by atoms with Gasteiger partial charge in [0.25, 0.3) is 0 Å². The normalized spacial score (nSPS) is 20.6. The Morgan fingerprint density at radius 2 is 2.11 bits per heavy atom. The Hall–Kier alpha value is -2.12. The number of rotatable bonds is 11. The topological polar surface area (TPSA) is 113 Å². The zero-order valence-electron chi connectivity index (χ0n) is 16.9. The second-order valence-corrected chi connectivity index (χ2v) is 7.24. The SMILES string of the molecule is C=C(C/C=C/[C@H](O)C(=O)O[C@@H](O)[C@@H](C)CC)CCCC1=C(O)C[C@@H](C)OC1=O. The minimum atomic E-state index is -1.45. The lowest BCUT2D eigenvalue weighted by molar-refractivity contribution is -0.183. The summed E-state index contributed by atoms with van der Waals surface area (Å²) in [7, 11) is 0. The van der Waals surface area contributed by atoms with Crippen LogP contribution < -0.4 is 0 Å². The van der Waals surface area contributed by atoms with E-state index in [0.29, 0.717) is 44.1 Å². The molecule has 0 unspecified atom stereocenters. The van der Waals surface area contributed by atoms with Crippen LogP contribution in [0.15, 0.2) is 35.6 Å².